The summed E-state index contributed by atoms with van der Waals surface area (Å²) in [5, 5.41) is 2.08. The molecule has 1 heterocycles. The number of hydrogen-bond donors (Lipinski definition) is 2. The molecule has 0 bridgehead atoms. The van der Waals surface area contributed by atoms with Crippen LogP contribution in [-0.4, -0.2) is 29.6 Å². The number of nitrogens with one attached hydrogen (secondary N) is 1. The second-order valence-corrected chi connectivity index (χ2v) is 5.74. The molecule has 1 aromatic carbocycles. The molecule has 2 unspecified atom stereocenters. The fourth-order valence-electron chi connectivity index (χ4n) is 2.67. The Bertz CT molecular complexity index is 451. The molecule has 21 heavy (non-hydrogen) atoms. The van der Waals surface area contributed by atoms with Gasteiger partial charge < -0.3 is 10.5 Å². The molecule has 5 nitrogen and oxygen atoms in total. The molecule has 1 aliphatic rings. The molecule has 3 N–H and O–H groups in total. The monoisotopic (exact) mass is 291 g/mol. The largest absolute Gasteiger partial charge is 0.493 e. The number of nitrogens with two attached hydrogens (primary N) is 1. The van der Waals surface area contributed by atoms with E-state index in [9.17, 15) is 4.79 Å². The van der Waals surface area contributed by atoms with Crippen LogP contribution in [0.25, 0.3) is 0 Å². The molecular weight excluding hydrogens is 266 g/mol. The summed E-state index contributed by atoms with van der Waals surface area (Å²) in [4.78, 5) is 12.0. The number of carbonyl (C=O) groups is 1. The van der Waals surface area contributed by atoms with E-state index in [2.05, 4.69) is 24.3 Å². The Labute approximate surface area is 126 Å². The van der Waals surface area contributed by atoms with Crippen LogP contribution in [0.15, 0.2) is 24.3 Å². The molecule has 1 saturated heterocycles. The van der Waals surface area contributed by atoms with Crippen LogP contribution in [0.3, 0.4) is 0 Å². The molecule has 1 aromatic rings. The van der Waals surface area contributed by atoms with Crippen LogP contribution >= 0.6 is 0 Å². The molecule has 0 aromatic heterocycles. The maximum atomic E-state index is 12.0. The highest BCUT2D eigenvalue weighted by atomic mass is 16.5. The number of nitrogen functional groups attached to an aromatic ring is 1. The lowest BCUT2D eigenvalue weighted by molar-refractivity contribution is -0.129. The first-order valence-electron chi connectivity index (χ1n) is 7.62. The summed E-state index contributed by atoms with van der Waals surface area (Å²) in [6.07, 6.45) is 3.84. The maximum absolute atomic E-state index is 12.0. The third-order valence-electron chi connectivity index (χ3n) is 3.93. The number of nitrogens with zero attached hydrogens (tertiary/aromatic N) is 1. The van der Waals surface area contributed by atoms with Gasteiger partial charge in [0.05, 0.1) is 13.0 Å². The minimum absolute atomic E-state index is 0.00560. The van der Waals surface area contributed by atoms with Crippen molar-refractivity contribution in [2.75, 3.05) is 12.3 Å². The van der Waals surface area contributed by atoms with E-state index < -0.39 is 0 Å². The van der Waals surface area contributed by atoms with Gasteiger partial charge in [-0.25, -0.2) is 5.01 Å². The Morgan fingerprint density at radius 1 is 1.29 bits per heavy atom. The summed E-state index contributed by atoms with van der Waals surface area (Å²) in [7, 11) is 0. The summed E-state index contributed by atoms with van der Waals surface area (Å²) >= 11 is 0. The summed E-state index contributed by atoms with van der Waals surface area (Å²) in [5.74, 6) is 0.739. The average Bonchev–Trinajstić information content (AvgIpc) is 2.45. The number of amides is 1. The van der Waals surface area contributed by atoms with Crippen molar-refractivity contribution in [1.29, 1.82) is 0 Å². The highest BCUT2D eigenvalue weighted by Gasteiger charge is 2.25. The zero-order valence-corrected chi connectivity index (χ0v) is 12.8. The van der Waals surface area contributed by atoms with Gasteiger partial charge in [0.1, 0.15) is 5.75 Å². The molecule has 116 valence electrons. The van der Waals surface area contributed by atoms with Crippen LogP contribution in [0.4, 0.5) is 5.69 Å². The van der Waals surface area contributed by atoms with Gasteiger partial charge in [-0.2, -0.15) is 0 Å². The van der Waals surface area contributed by atoms with E-state index in [1.54, 1.807) is 12.1 Å². The maximum Gasteiger partial charge on any atom is 0.237 e. The normalized spacial score (nSPS) is 22.8. The zero-order chi connectivity index (χ0) is 15.2. The van der Waals surface area contributed by atoms with E-state index in [0.717, 1.165) is 18.6 Å². The summed E-state index contributed by atoms with van der Waals surface area (Å²) in [6.45, 7) is 4.67. The van der Waals surface area contributed by atoms with Crippen LogP contribution in [0.1, 0.15) is 39.5 Å². The Kier molecular flexibility index (Phi) is 5.44. The predicted molar refractivity (Wildman–Crippen MR) is 83.7 cm³/mol. The van der Waals surface area contributed by atoms with Crippen LogP contribution in [0, 0.1) is 0 Å². The van der Waals surface area contributed by atoms with Crippen LogP contribution in [0.2, 0.25) is 0 Å². The van der Waals surface area contributed by atoms with E-state index in [0.29, 0.717) is 30.8 Å². The first kappa shape index (κ1) is 15.6. The topological polar surface area (TPSA) is 67.6 Å². The summed E-state index contributed by atoms with van der Waals surface area (Å²) in [6, 6.07) is 7.98. The van der Waals surface area contributed by atoms with Crippen LogP contribution < -0.4 is 15.9 Å². The Morgan fingerprint density at radius 3 is 2.52 bits per heavy atom. The van der Waals surface area contributed by atoms with Crippen molar-refractivity contribution in [3.05, 3.63) is 24.3 Å². The van der Waals surface area contributed by atoms with Gasteiger partial charge >= 0.3 is 0 Å². The number of rotatable bonds is 5. The van der Waals surface area contributed by atoms with Crippen molar-refractivity contribution in [3.63, 3.8) is 0 Å². The van der Waals surface area contributed by atoms with Crippen LogP contribution in [-0.2, 0) is 4.79 Å². The van der Waals surface area contributed by atoms with E-state index in [1.165, 1.54) is 6.42 Å². The molecular formula is C16H25N3O2. The Balaban J connectivity index is 1.73. The van der Waals surface area contributed by atoms with E-state index in [1.807, 2.05) is 12.1 Å². The lowest BCUT2D eigenvalue weighted by atomic mass is 10.00. The van der Waals surface area contributed by atoms with E-state index in [4.69, 9.17) is 10.5 Å². The molecule has 5 heteroatoms. The number of anilines is 1. The Morgan fingerprint density at radius 2 is 1.90 bits per heavy atom. The molecule has 1 fully saturated rings. The van der Waals surface area contributed by atoms with Gasteiger partial charge in [-0.15, -0.1) is 0 Å². The lowest BCUT2D eigenvalue weighted by Crippen LogP contribution is -2.54. The van der Waals surface area contributed by atoms with E-state index in [-0.39, 0.29) is 5.91 Å². The van der Waals surface area contributed by atoms with Gasteiger partial charge in [0.25, 0.3) is 0 Å². The zero-order valence-electron chi connectivity index (χ0n) is 12.8. The molecule has 2 atom stereocenters. The quantitative estimate of drug-likeness (QED) is 0.817. The van der Waals surface area contributed by atoms with Gasteiger partial charge in [-0.05, 0) is 51.0 Å². The summed E-state index contributed by atoms with van der Waals surface area (Å²) in [5.41, 5.74) is 9.32. The van der Waals surface area contributed by atoms with Gasteiger partial charge in [-0.3, -0.25) is 10.2 Å². The van der Waals surface area contributed by atoms with Crippen molar-refractivity contribution in [2.24, 2.45) is 0 Å². The third kappa shape index (κ3) is 4.63. The number of hydrazine groups is 1. The highest BCUT2D eigenvalue weighted by molar-refractivity contribution is 5.75. The second-order valence-electron chi connectivity index (χ2n) is 5.74. The third-order valence-corrected chi connectivity index (χ3v) is 3.93. The number of ether oxygens (including phenoxy) is 1. The first-order valence-corrected chi connectivity index (χ1v) is 7.62. The van der Waals surface area contributed by atoms with Crippen LogP contribution in [0.5, 0.6) is 5.75 Å². The molecule has 0 aliphatic carbocycles. The van der Waals surface area contributed by atoms with E-state index >= 15 is 0 Å². The van der Waals surface area contributed by atoms with Gasteiger partial charge in [0, 0.05) is 17.8 Å². The Hall–Kier alpha value is -1.75. The molecule has 2 rings (SSSR count). The predicted octanol–water partition coefficient (Wildman–Crippen LogP) is 2.33. The standard InChI is InChI=1S/C16H25N3O2/c1-12-4-3-5-13(2)19(12)18-16(20)10-11-21-15-8-6-14(17)7-9-15/h6-9,12-13H,3-5,10-11,17H2,1-2H3,(H,18,20). The molecule has 1 aliphatic heterocycles. The van der Waals surface area contributed by atoms with Crippen molar-refractivity contribution in [3.8, 4) is 5.75 Å². The average molecular weight is 291 g/mol. The minimum Gasteiger partial charge on any atom is -0.493 e. The number of carbonyl (C=O) groups excluding carboxylic acids is 1. The van der Waals surface area contributed by atoms with Gasteiger partial charge in [-0.1, -0.05) is 6.42 Å². The molecule has 1 amide bonds. The fourth-order valence-corrected chi connectivity index (χ4v) is 2.67. The second kappa shape index (κ2) is 7.31. The number of hydrogen-bond acceptors (Lipinski definition) is 4. The van der Waals surface area contributed by atoms with Crippen molar-refractivity contribution < 1.29 is 9.53 Å². The lowest BCUT2D eigenvalue weighted by Gasteiger charge is -2.38. The summed E-state index contributed by atoms with van der Waals surface area (Å²) < 4.78 is 5.54. The van der Waals surface area contributed by atoms with Crippen molar-refractivity contribution in [1.82, 2.24) is 10.4 Å². The van der Waals surface area contributed by atoms with Gasteiger partial charge in [0.15, 0.2) is 0 Å². The SMILES string of the molecule is CC1CCCC(C)N1NC(=O)CCOc1ccc(N)cc1. The highest BCUT2D eigenvalue weighted by Crippen LogP contribution is 2.20. The van der Waals surface area contributed by atoms with Crippen molar-refractivity contribution >= 4 is 11.6 Å². The fraction of sp³-hybridized carbons (Fsp3) is 0.562. The first-order chi connectivity index (χ1) is 10.1. The number of piperidine rings is 1. The molecule has 0 saturated carbocycles. The molecule has 0 spiro atoms. The minimum atomic E-state index is 0.00560. The smallest absolute Gasteiger partial charge is 0.237 e. The van der Waals surface area contributed by atoms with Gasteiger partial charge in [0.2, 0.25) is 5.91 Å². The van der Waals surface area contributed by atoms with Crippen molar-refractivity contribution in [2.45, 2.75) is 51.6 Å². The molecule has 0 radical (unpaired) electrons. The number of benzene rings is 1.